The maximum Gasteiger partial charge on any atom is 0.408 e. The smallest absolute Gasteiger partial charge is 0.408 e. The van der Waals surface area contributed by atoms with Crippen LogP contribution in [0.4, 0.5) is 4.79 Å². The van der Waals surface area contributed by atoms with Gasteiger partial charge in [-0.05, 0) is 119 Å². The summed E-state index contributed by atoms with van der Waals surface area (Å²) in [6, 6.07) is -2.00. The number of ether oxygens (including phenoxy) is 1. The number of hydrogen-bond acceptors (Lipinski definition) is 8. The molecule has 1 unspecified atom stereocenters. The van der Waals surface area contributed by atoms with Gasteiger partial charge in [0, 0.05) is 11.3 Å². The molecule has 0 aromatic carbocycles. The summed E-state index contributed by atoms with van der Waals surface area (Å²) in [6.45, 7) is 13.3. The Bertz CT molecular complexity index is 1850. The van der Waals surface area contributed by atoms with Crippen molar-refractivity contribution in [3.8, 4) is 0 Å². The van der Waals surface area contributed by atoms with Crippen molar-refractivity contribution in [1.82, 2.24) is 20.3 Å². The van der Waals surface area contributed by atoms with Gasteiger partial charge in [0.25, 0.3) is 5.91 Å². The van der Waals surface area contributed by atoms with Gasteiger partial charge in [-0.3, -0.25) is 19.1 Å². The summed E-state index contributed by atoms with van der Waals surface area (Å²) >= 11 is 1.80. The SMILES string of the molecule is CCCCS[C@@]1(C2C=CC(C3=CC=CCC=C3)=CC2)C[C@@H](C(=O)N[C@]2(C(=O)NS(=O)(=O)C3CCC3)C[C@H]2C2CC2)N(C(=O)[C@@H](NC(=O)OC(C)(C)C)C(C)(C)C)C1. The average molecular weight is 825 g/mol. The Morgan fingerprint density at radius 1 is 1.00 bits per heavy atom. The molecule has 0 radical (unpaired) electrons. The van der Waals surface area contributed by atoms with Gasteiger partial charge in [-0.15, -0.1) is 0 Å². The molecule has 3 N–H and O–H groups in total. The molecule has 0 bridgehead atoms. The summed E-state index contributed by atoms with van der Waals surface area (Å²) in [6.07, 6.45) is 24.4. The fraction of sp³-hybridized carbons (Fsp3) is 0.682. The highest BCUT2D eigenvalue weighted by molar-refractivity contribution is 8.00. The molecule has 13 heteroatoms. The van der Waals surface area contributed by atoms with Crippen molar-refractivity contribution in [2.45, 2.75) is 152 Å². The second-order valence-electron chi connectivity index (χ2n) is 19.1. The topological polar surface area (TPSA) is 151 Å². The van der Waals surface area contributed by atoms with Crippen LogP contribution in [0.2, 0.25) is 0 Å². The predicted molar refractivity (Wildman–Crippen MR) is 226 cm³/mol. The van der Waals surface area contributed by atoms with E-state index in [-0.39, 0.29) is 24.3 Å². The van der Waals surface area contributed by atoms with Gasteiger partial charge in [0.05, 0.1) is 5.25 Å². The summed E-state index contributed by atoms with van der Waals surface area (Å²) in [7, 11) is -3.88. The van der Waals surface area contributed by atoms with Gasteiger partial charge in [-0.2, -0.15) is 11.8 Å². The summed E-state index contributed by atoms with van der Waals surface area (Å²) in [4.78, 5) is 58.9. The molecule has 57 heavy (non-hydrogen) atoms. The maximum atomic E-state index is 15.1. The van der Waals surface area contributed by atoms with E-state index >= 15 is 4.79 Å². The molecule has 4 fully saturated rings. The highest BCUT2D eigenvalue weighted by atomic mass is 32.2. The van der Waals surface area contributed by atoms with Crippen LogP contribution in [0.25, 0.3) is 0 Å². The van der Waals surface area contributed by atoms with Crippen LogP contribution in [0.3, 0.4) is 0 Å². The Balaban J connectivity index is 1.34. The first-order valence-corrected chi connectivity index (χ1v) is 23.6. The van der Waals surface area contributed by atoms with E-state index in [0.717, 1.165) is 55.4 Å². The van der Waals surface area contributed by atoms with Crippen molar-refractivity contribution in [2.75, 3.05) is 12.3 Å². The van der Waals surface area contributed by atoms with Gasteiger partial charge in [0.1, 0.15) is 23.2 Å². The number of thioether (sulfide) groups is 1. The number of hydrogen-bond donors (Lipinski definition) is 3. The van der Waals surface area contributed by atoms with E-state index in [0.29, 0.717) is 32.1 Å². The third-order valence-electron chi connectivity index (χ3n) is 12.4. The molecule has 6 aliphatic rings. The van der Waals surface area contributed by atoms with Crippen LogP contribution in [0.15, 0.2) is 59.8 Å². The number of sulfonamides is 1. The van der Waals surface area contributed by atoms with Gasteiger partial charge < -0.3 is 20.3 Å². The summed E-state index contributed by atoms with van der Waals surface area (Å²) in [5, 5.41) is 5.34. The second-order valence-corrected chi connectivity index (χ2v) is 22.6. The van der Waals surface area contributed by atoms with E-state index in [1.54, 1.807) is 37.4 Å². The Morgan fingerprint density at radius 3 is 2.33 bits per heavy atom. The molecule has 3 saturated carbocycles. The van der Waals surface area contributed by atoms with Gasteiger partial charge in [0.15, 0.2) is 0 Å². The summed E-state index contributed by atoms with van der Waals surface area (Å²) < 4.78 is 33.8. The van der Waals surface area contributed by atoms with Gasteiger partial charge >= 0.3 is 6.09 Å². The largest absolute Gasteiger partial charge is 0.444 e. The van der Waals surface area contributed by atoms with Crippen molar-refractivity contribution in [3.63, 3.8) is 0 Å². The number of alkyl carbamates (subject to hydrolysis) is 1. The number of amides is 4. The Kier molecular flexibility index (Phi) is 12.7. The number of carbonyl (C=O) groups is 4. The third kappa shape index (κ3) is 9.94. The van der Waals surface area contributed by atoms with E-state index in [1.165, 1.54) is 0 Å². The zero-order valence-electron chi connectivity index (χ0n) is 34.9. The van der Waals surface area contributed by atoms with Crippen LogP contribution in [-0.4, -0.2) is 82.7 Å². The number of carbonyl (C=O) groups excluding carboxylic acids is 4. The van der Waals surface area contributed by atoms with Gasteiger partial charge in [-0.25, -0.2) is 13.2 Å². The molecule has 1 saturated heterocycles. The molecule has 314 valence electrons. The lowest BCUT2D eigenvalue weighted by atomic mass is 9.81. The van der Waals surface area contributed by atoms with E-state index in [1.807, 2.05) is 20.8 Å². The molecule has 0 aromatic rings. The highest BCUT2D eigenvalue weighted by Gasteiger charge is 2.67. The quantitative estimate of drug-likeness (QED) is 0.158. The number of likely N-dealkylation sites (tertiary alicyclic amines) is 1. The zero-order valence-corrected chi connectivity index (χ0v) is 36.5. The molecule has 5 aliphatic carbocycles. The Labute approximate surface area is 344 Å². The molecule has 1 aliphatic heterocycles. The molecule has 4 amide bonds. The Hall–Kier alpha value is -3.32. The standard InChI is InChI=1S/C44H64N4O7S2/c1-8-9-25-56-43(32-23-21-30(22-24-32)29-15-12-10-11-13-16-29)27-35(48(28-43)38(50)36(41(2,3)4)45-40(52)55-42(5,6)7)37(49)46-44(26-34(44)31-19-20-31)39(51)47-57(53,54)33-17-14-18-33/h10,12-13,15-16,21-23,31-36H,8-9,11,14,17-20,24-28H2,1-7H3,(H,45,52)(H,46,49)(H,47,51)/t32?,34-,35-,36+,43-,44+/m0/s1. The van der Waals surface area contributed by atoms with Crippen LogP contribution in [0, 0.1) is 23.2 Å². The number of unbranched alkanes of at least 4 members (excludes halogenated alkanes) is 1. The monoisotopic (exact) mass is 824 g/mol. The molecular formula is C44H64N4O7S2. The first kappa shape index (κ1) is 43.3. The van der Waals surface area contributed by atoms with E-state index in [2.05, 4.69) is 70.9 Å². The molecule has 6 rings (SSSR count). The van der Waals surface area contributed by atoms with Crippen LogP contribution in [0.1, 0.15) is 119 Å². The number of nitrogens with zero attached hydrogens (tertiary/aromatic N) is 1. The predicted octanol–water partition coefficient (Wildman–Crippen LogP) is 7.03. The molecule has 11 nitrogen and oxygen atoms in total. The summed E-state index contributed by atoms with van der Waals surface area (Å²) in [5.74, 6) is -0.665. The molecule has 0 spiro atoms. The van der Waals surface area contributed by atoms with E-state index < -0.39 is 72.5 Å². The van der Waals surface area contributed by atoms with E-state index in [4.69, 9.17) is 4.74 Å². The zero-order chi connectivity index (χ0) is 41.4. The van der Waals surface area contributed by atoms with Gasteiger partial charge in [0.2, 0.25) is 21.8 Å². The minimum Gasteiger partial charge on any atom is -0.444 e. The lowest BCUT2D eigenvalue weighted by Gasteiger charge is -2.38. The number of allylic oxidation sites excluding steroid dienone is 10. The normalized spacial score (nSPS) is 29.4. The van der Waals surface area contributed by atoms with Crippen molar-refractivity contribution in [1.29, 1.82) is 0 Å². The van der Waals surface area contributed by atoms with Gasteiger partial charge in [-0.1, -0.05) is 89.1 Å². The molecular weight excluding hydrogens is 761 g/mol. The average Bonchev–Trinajstić information content (AvgIpc) is 4.01. The van der Waals surface area contributed by atoms with Crippen molar-refractivity contribution >= 4 is 45.6 Å². The van der Waals surface area contributed by atoms with Crippen molar-refractivity contribution < 1.29 is 32.3 Å². The first-order valence-electron chi connectivity index (χ1n) is 21.0. The number of nitrogens with one attached hydrogen (secondary N) is 3. The van der Waals surface area contributed by atoms with Crippen LogP contribution in [-0.2, 0) is 29.1 Å². The summed E-state index contributed by atoms with van der Waals surface area (Å²) in [5.41, 5.74) is -0.651. The maximum absolute atomic E-state index is 15.1. The number of rotatable bonds is 14. The second kappa shape index (κ2) is 16.7. The van der Waals surface area contributed by atoms with Crippen LogP contribution >= 0.6 is 11.8 Å². The highest BCUT2D eigenvalue weighted by Crippen LogP contribution is 2.58. The van der Waals surface area contributed by atoms with Crippen molar-refractivity contribution in [3.05, 3.63) is 59.8 Å². The Morgan fingerprint density at radius 2 is 1.74 bits per heavy atom. The fourth-order valence-electron chi connectivity index (χ4n) is 8.61. The molecule has 6 atom stereocenters. The van der Waals surface area contributed by atoms with Crippen LogP contribution < -0.4 is 15.4 Å². The molecule has 1 heterocycles. The lowest BCUT2D eigenvalue weighted by Crippen LogP contribution is -2.60. The fourth-order valence-corrected chi connectivity index (χ4v) is 11.9. The minimum absolute atomic E-state index is 0.0148. The van der Waals surface area contributed by atoms with Crippen molar-refractivity contribution in [2.24, 2.45) is 23.2 Å². The molecule has 0 aromatic heterocycles. The van der Waals surface area contributed by atoms with Crippen LogP contribution in [0.5, 0.6) is 0 Å². The minimum atomic E-state index is -3.88. The lowest BCUT2D eigenvalue weighted by molar-refractivity contribution is -0.143. The third-order valence-corrected chi connectivity index (χ3v) is 15.9. The first-order chi connectivity index (χ1) is 26.8. The van der Waals surface area contributed by atoms with E-state index in [9.17, 15) is 22.8 Å².